The van der Waals surface area contributed by atoms with Gasteiger partial charge in [-0.05, 0) is 30.7 Å². The Balaban J connectivity index is 1.33. The van der Waals surface area contributed by atoms with E-state index >= 15 is 0 Å². The summed E-state index contributed by atoms with van der Waals surface area (Å²) >= 11 is 0. The van der Waals surface area contributed by atoms with Crippen LogP contribution in [0.2, 0.25) is 0 Å². The van der Waals surface area contributed by atoms with Gasteiger partial charge >= 0.3 is 5.97 Å². The molecule has 3 aromatic rings. The molecule has 6 nitrogen and oxygen atoms in total. The van der Waals surface area contributed by atoms with E-state index in [2.05, 4.69) is 10.2 Å². The zero-order valence-electron chi connectivity index (χ0n) is 12.2. The van der Waals surface area contributed by atoms with Crippen LogP contribution in [0.15, 0.2) is 57.6 Å². The molecule has 0 spiro atoms. The molecule has 2 aromatic heterocycles. The van der Waals surface area contributed by atoms with Gasteiger partial charge in [-0.1, -0.05) is 18.2 Å². The molecule has 2 unspecified atom stereocenters. The Labute approximate surface area is 132 Å². The number of esters is 1. The fraction of sp³-hybridized carbons (Fsp3) is 0.235. The molecule has 1 aromatic carbocycles. The van der Waals surface area contributed by atoms with Gasteiger partial charge in [-0.3, -0.25) is 4.79 Å². The lowest BCUT2D eigenvalue weighted by Gasteiger charge is -2.00. The van der Waals surface area contributed by atoms with E-state index in [1.807, 2.05) is 42.5 Å². The van der Waals surface area contributed by atoms with Crippen LogP contribution in [0.5, 0.6) is 0 Å². The van der Waals surface area contributed by atoms with Gasteiger partial charge in [0.2, 0.25) is 5.89 Å². The summed E-state index contributed by atoms with van der Waals surface area (Å²) < 4.78 is 16.1. The van der Waals surface area contributed by atoms with Crippen LogP contribution in [0.3, 0.4) is 0 Å². The monoisotopic (exact) mass is 310 g/mol. The quantitative estimate of drug-likeness (QED) is 0.673. The van der Waals surface area contributed by atoms with E-state index in [0.717, 1.165) is 17.7 Å². The third-order valence-corrected chi connectivity index (χ3v) is 3.83. The maximum atomic E-state index is 12.0. The minimum Gasteiger partial charge on any atom is -0.469 e. The smallest absolute Gasteiger partial charge is 0.310 e. The van der Waals surface area contributed by atoms with Crippen LogP contribution in [0.4, 0.5) is 0 Å². The first-order valence-electron chi connectivity index (χ1n) is 7.39. The molecule has 0 aliphatic heterocycles. The summed E-state index contributed by atoms with van der Waals surface area (Å²) in [5.41, 5.74) is 0.831. The second-order valence-electron chi connectivity index (χ2n) is 5.44. The highest BCUT2D eigenvalue weighted by Crippen LogP contribution is 2.48. The molecule has 0 amide bonds. The Hall–Kier alpha value is -2.89. The second kappa shape index (κ2) is 5.72. The zero-order valence-corrected chi connectivity index (χ0v) is 12.2. The second-order valence-corrected chi connectivity index (χ2v) is 5.44. The number of carbonyl (C=O) groups excluding carboxylic acids is 1. The average molecular weight is 310 g/mol. The van der Waals surface area contributed by atoms with Crippen molar-refractivity contribution >= 4 is 5.97 Å². The average Bonchev–Trinajstić information content (AvgIpc) is 3.02. The molecule has 6 heteroatoms. The van der Waals surface area contributed by atoms with Crippen molar-refractivity contribution in [1.82, 2.24) is 10.2 Å². The zero-order chi connectivity index (χ0) is 15.6. The molecule has 23 heavy (non-hydrogen) atoms. The van der Waals surface area contributed by atoms with Gasteiger partial charge in [0.05, 0.1) is 12.2 Å². The Morgan fingerprint density at radius 3 is 2.83 bits per heavy atom. The van der Waals surface area contributed by atoms with Gasteiger partial charge in [-0.25, -0.2) is 0 Å². The van der Waals surface area contributed by atoms with Crippen molar-refractivity contribution in [3.63, 3.8) is 0 Å². The van der Waals surface area contributed by atoms with E-state index in [4.69, 9.17) is 13.6 Å². The lowest BCUT2D eigenvalue weighted by atomic mass is 10.2. The number of hydrogen-bond donors (Lipinski definition) is 0. The molecule has 1 saturated carbocycles. The van der Waals surface area contributed by atoms with Crippen LogP contribution in [0.25, 0.3) is 11.5 Å². The molecule has 0 N–H and O–H groups in total. The van der Waals surface area contributed by atoms with Gasteiger partial charge in [-0.2, -0.15) is 0 Å². The summed E-state index contributed by atoms with van der Waals surface area (Å²) in [4.78, 5) is 12.0. The number of rotatable bonds is 5. The standard InChI is InChI=1S/C17H14N2O4/c20-17(13-9-12(13)14-7-4-8-21-14)22-10-15-18-19-16(23-15)11-5-2-1-3-6-11/h1-8,12-13H,9-10H2. The molecular formula is C17H14N2O4. The van der Waals surface area contributed by atoms with Gasteiger partial charge in [0, 0.05) is 11.5 Å². The summed E-state index contributed by atoms with van der Waals surface area (Å²) in [6.07, 6.45) is 2.37. The van der Waals surface area contributed by atoms with Crippen LogP contribution in [0.1, 0.15) is 24.0 Å². The van der Waals surface area contributed by atoms with Gasteiger partial charge in [0.25, 0.3) is 5.89 Å². The number of nitrogens with zero attached hydrogens (tertiary/aromatic N) is 2. The molecule has 1 aliphatic carbocycles. The summed E-state index contributed by atoms with van der Waals surface area (Å²) in [5, 5.41) is 7.86. The Kier molecular flexibility index (Phi) is 3.42. The van der Waals surface area contributed by atoms with Crippen molar-refractivity contribution in [1.29, 1.82) is 0 Å². The number of furan rings is 1. The first-order valence-corrected chi connectivity index (χ1v) is 7.39. The maximum absolute atomic E-state index is 12.0. The molecule has 1 aliphatic rings. The topological polar surface area (TPSA) is 78.4 Å². The largest absolute Gasteiger partial charge is 0.469 e. The van der Waals surface area contributed by atoms with E-state index in [9.17, 15) is 4.79 Å². The van der Waals surface area contributed by atoms with Crippen molar-refractivity contribution in [2.45, 2.75) is 18.9 Å². The number of carbonyl (C=O) groups is 1. The van der Waals surface area contributed by atoms with E-state index in [0.29, 0.717) is 5.89 Å². The highest BCUT2D eigenvalue weighted by molar-refractivity contribution is 5.77. The SMILES string of the molecule is O=C(OCc1nnc(-c2ccccc2)o1)C1CC1c1ccco1. The minimum absolute atomic E-state index is 0.0138. The summed E-state index contributed by atoms with van der Waals surface area (Å²) in [6.45, 7) is -0.0138. The first-order chi connectivity index (χ1) is 11.3. The van der Waals surface area contributed by atoms with Gasteiger partial charge in [-0.15, -0.1) is 10.2 Å². The third kappa shape index (κ3) is 2.88. The van der Waals surface area contributed by atoms with E-state index in [1.54, 1.807) is 6.26 Å². The molecule has 0 saturated heterocycles. The van der Waals surface area contributed by atoms with Gasteiger partial charge in [0.1, 0.15) is 5.76 Å². The highest BCUT2D eigenvalue weighted by atomic mass is 16.5. The molecule has 4 rings (SSSR count). The summed E-state index contributed by atoms with van der Waals surface area (Å²) in [6, 6.07) is 13.1. The molecular weight excluding hydrogens is 296 g/mol. The summed E-state index contributed by atoms with van der Waals surface area (Å²) in [5.74, 6) is 1.25. The van der Waals surface area contributed by atoms with Crippen LogP contribution >= 0.6 is 0 Å². The van der Waals surface area contributed by atoms with Crippen LogP contribution in [0, 0.1) is 5.92 Å². The lowest BCUT2D eigenvalue weighted by molar-refractivity contribution is -0.147. The van der Waals surface area contributed by atoms with Crippen molar-refractivity contribution in [2.24, 2.45) is 5.92 Å². The van der Waals surface area contributed by atoms with Crippen molar-refractivity contribution in [3.8, 4) is 11.5 Å². The van der Waals surface area contributed by atoms with Crippen LogP contribution in [-0.4, -0.2) is 16.2 Å². The third-order valence-electron chi connectivity index (χ3n) is 3.83. The maximum Gasteiger partial charge on any atom is 0.310 e. The Morgan fingerprint density at radius 1 is 1.17 bits per heavy atom. The fourth-order valence-electron chi connectivity index (χ4n) is 2.52. The highest BCUT2D eigenvalue weighted by Gasteiger charge is 2.47. The predicted molar refractivity (Wildman–Crippen MR) is 79.1 cm³/mol. The molecule has 0 bridgehead atoms. The number of ether oxygens (including phenoxy) is 1. The molecule has 0 radical (unpaired) electrons. The number of aromatic nitrogens is 2. The minimum atomic E-state index is -0.258. The molecule has 116 valence electrons. The van der Waals surface area contributed by atoms with Gasteiger partial charge < -0.3 is 13.6 Å². The summed E-state index contributed by atoms with van der Waals surface area (Å²) in [7, 11) is 0. The number of hydrogen-bond acceptors (Lipinski definition) is 6. The lowest BCUT2D eigenvalue weighted by Crippen LogP contribution is -2.08. The van der Waals surface area contributed by atoms with Crippen molar-refractivity contribution < 1.29 is 18.4 Å². The van der Waals surface area contributed by atoms with Gasteiger partial charge in [0.15, 0.2) is 6.61 Å². The van der Waals surface area contributed by atoms with E-state index in [-0.39, 0.29) is 30.3 Å². The number of benzene rings is 1. The normalized spacial score (nSPS) is 19.5. The van der Waals surface area contributed by atoms with Crippen molar-refractivity contribution in [2.75, 3.05) is 0 Å². The molecule has 2 heterocycles. The Bertz CT molecular complexity index is 795. The molecule has 2 atom stereocenters. The van der Waals surface area contributed by atoms with Crippen LogP contribution < -0.4 is 0 Å². The Morgan fingerprint density at radius 2 is 2.04 bits per heavy atom. The van der Waals surface area contributed by atoms with E-state index < -0.39 is 0 Å². The van der Waals surface area contributed by atoms with Crippen molar-refractivity contribution in [3.05, 3.63) is 60.4 Å². The predicted octanol–water partition coefficient (Wildman–Crippen LogP) is 3.18. The first kappa shape index (κ1) is 13.8. The van der Waals surface area contributed by atoms with E-state index in [1.165, 1.54) is 0 Å². The van der Waals surface area contributed by atoms with Crippen LogP contribution in [-0.2, 0) is 16.1 Å². The fourth-order valence-corrected chi connectivity index (χ4v) is 2.52. The molecule has 1 fully saturated rings.